The van der Waals surface area contributed by atoms with Crippen molar-refractivity contribution in [2.45, 2.75) is 31.4 Å². The van der Waals surface area contributed by atoms with Gasteiger partial charge in [-0.2, -0.15) is 5.26 Å². The number of nitriles is 1. The Labute approximate surface area is 123 Å². The standard InChI is InChI=1S/C17H16N2O2/c1-10-8-16(2)17(10,9-18)14-13(15(19-16)20-3)11-6-4-5-7-12(11)21-14/h4-8,13-14H,1-3H3/t13-,14+,16+,17+/m1/s1. The van der Waals surface area contributed by atoms with Crippen LogP contribution in [0.4, 0.5) is 0 Å². The van der Waals surface area contributed by atoms with Crippen molar-refractivity contribution in [1.82, 2.24) is 0 Å². The van der Waals surface area contributed by atoms with Gasteiger partial charge >= 0.3 is 0 Å². The van der Waals surface area contributed by atoms with Crippen molar-refractivity contribution >= 4 is 5.90 Å². The molecule has 2 aliphatic heterocycles. The van der Waals surface area contributed by atoms with E-state index in [4.69, 9.17) is 14.5 Å². The maximum atomic E-state index is 9.91. The van der Waals surface area contributed by atoms with Gasteiger partial charge in [0.25, 0.3) is 0 Å². The molecule has 3 aliphatic rings. The average molecular weight is 280 g/mol. The minimum Gasteiger partial charge on any atom is -0.487 e. The Morgan fingerprint density at radius 3 is 2.81 bits per heavy atom. The average Bonchev–Trinajstić information content (AvgIpc) is 2.84. The summed E-state index contributed by atoms with van der Waals surface area (Å²) in [5.41, 5.74) is 0.813. The molecule has 1 aromatic rings. The number of hydrogen-bond donors (Lipinski definition) is 0. The fourth-order valence-electron chi connectivity index (χ4n) is 4.15. The molecule has 106 valence electrons. The summed E-state index contributed by atoms with van der Waals surface area (Å²) in [5, 5.41) is 9.91. The maximum absolute atomic E-state index is 9.91. The van der Waals surface area contributed by atoms with Crippen LogP contribution in [0.15, 0.2) is 40.9 Å². The zero-order valence-electron chi connectivity index (χ0n) is 12.3. The molecule has 1 aromatic carbocycles. The number of fused-ring (bicyclic) bond motifs is 5. The first-order chi connectivity index (χ1) is 10.1. The number of aliphatic imine (C=N–C) groups is 1. The van der Waals surface area contributed by atoms with Crippen molar-refractivity contribution < 1.29 is 9.47 Å². The van der Waals surface area contributed by atoms with Gasteiger partial charge in [0.1, 0.15) is 28.7 Å². The second kappa shape index (κ2) is 3.67. The van der Waals surface area contributed by atoms with Gasteiger partial charge in [-0.1, -0.05) is 24.3 Å². The minimum absolute atomic E-state index is 0.109. The van der Waals surface area contributed by atoms with Crippen LogP contribution in [0.25, 0.3) is 0 Å². The molecule has 0 aromatic heterocycles. The predicted octanol–water partition coefficient (Wildman–Crippen LogP) is 2.82. The first-order valence-electron chi connectivity index (χ1n) is 7.08. The van der Waals surface area contributed by atoms with E-state index in [1.54, 1.807) is 7.11 Å². The Bertz CT molecular complexity index is 745. The lowest BCUT2D eigenvalue weighted by atomic mass is 9.51. The summed E-state index contributed by atoms with van der Waals surface area (Å²) in [6.07, 6.45) is 1.76. The van der Waals surface area contributed by atoms with E-state index >= 15 is 0 Å². The molecule has 0 spiro atoms. The highest BCUT2D eigenvalue weighted by atomic mass is 16.5. The highest BCUT2D eigenvalue weighted by Gasteiger charge is 2.69. The second-order valence-corrected chi connectivity index (χ2v) is 6.10. The summed E-state index contributed by atoms with van der Waals surface area (Å²) in [7, 11) is 1.63. The topological polar surface area (TPSA) is 54.6 Å². The molecule has 0 N–H and O–H groups in total. The highest BCUT2D eigenvalue weighted by molar-refractivity contribution is 5.89. The SMILES string of the molecule is COC1=N[C@@]2(C)C=C(C)[C@@]2(C#N)[C@H]2Oc3ccccc3[C@@H]12. The third-order valence-corrected chi connectivity index (χ3v) is 5.15. The maximum Gasteiger partial charge on any atom is 0.195 e. The summed E-state index contributed by atoms with van der Waals surface area (Å²) in [6.45, 7) is 3.96. The molecule has 0 unspecified atom stereocenters. The van der Waals surface area contributed by atoms with Crippen LogP contribution in [0.5, 0.6) is 5.75 Å². The van der Waals surface area contributed by atoms with Crippen LogP contribution in [0.1, 0.15) is 25.3 Å². The Hall–Kier alpha value is -2.28. The number of methoxy groups -OCH3 is 1. The van der Waals surface area contributed by atoms with E-state index in [-0.39, 0.29) is 12.0 Å². The monoisotopic (exact) mass is 280 g/mol. The molecule has 4 rings (SSSR count). The third-order valence-electron chi connectivity index (χ3n) is 5.15. The first-order valence-corrected chi connectivity index (χ1v) is 7.08. The van der Waals surface area contributed by atoms with E-state index in [2.05, 4.69) is 6.07 Å². The van der Waals surface area contributed by atoms with Gasteiger partial charge in [0.15, 0.2) is 5.90 Å². The van der Waals surface area contributed by atoms with Crippen LogP contribution in [0.2, 0.25) is 0 Å². The van der Waals surface area contributed by atoms with Crippen molar-refractivity contribution in [3.63, 3.8) is 0 Å². The lowest BCUT2D eigenvalue weighted by molar-refractivity contribution is 0.0501. The van der Waals surface area contributed by atoms with Crippen molar-refractivity contribution in [2.75, 3.05) is 7.11 Å². The summed E-state index contributed by atoms with van der Waals surface area (Å²) in [4.78, 5) is 4.75. The molecule has 0 saturated heterocycles. The number of nitrogens with zero attached hydrogens (tertiary/aromatic N) is 2. The minimum atomic E-state index is -0.710. The van der Waals surface area contributed by atoms with Crippen molar-refractivity contribution in [2.24, 2.45) is 10.4 Å². The van der Waals surface area contributed by atoms with Crippen molar-refractivity contribution in [3.8, 4) is 11.8 Å². The van der Waals surface area contributed by atoms with Crippen LogP contribution < -0.4 is 4.74 Å². The Morgan fingerprint density at radius 2 is 2.14 bits per heavy atom. The Morgan fingerprint density at radius 1 is 1.38 bits per heavy atom. The van der Waals surface area contributed by atoms with E-state index < -0.39 is 11.0 Å². The Balaban J connectivity index is 1.97. The fraction of sp³-hybridized carbons (Fsp3) is 0.412. The third kappa shape index (κ3) is 1.19. The van der Waals surface area contributed by atoms with E-state index in [0.29, 0.717) is 5.90 Å². The largest absolute Gasteiger partial charge is 0.487 e. The number of benzene rings is 1. The molecule has 0 fully saturated rings. The summed E-state index contributed by atoms with van der Waals surface area (Å²) in [5.74, 6) is 1.38. The first kappa shape index (κ1) is 12.5. The van der Waals surface area contributed by atoms with Crippen LogP contribution in [-0.2, 0) is 4.74 Å². The molecule has 2 heterocycles. The zero-order chi connectivity index (χ0) is 14.8. The number of hydrogen-bond acceptors (Lipinski definition) is 4. The summed E-state index contributed by atoms with van der Waals surface area (Å²) >= 11 is 0. The molecule has 4 atom stereocenters. The van der Waals surface area contributed by atoms with Crippen LogP contribution in [0, 0.1) is 16.7 Å². The van der Waals surface area contributed by atoms with Gasteiger partial charge in [-0.05, 0) is 25.5 Å². The molecule has 0 amide bonds. The molecule has 0 radical (unpaired) electrons. The highest BCUT2D eigenvalue weighted by Crippen LogP contribution is 2.62. The van der Waals surface area contributed by atoms with Gasteiger partial charge in [0.05, 0.1) is 13.2 Å². The number of ether oxygens (including phenoxy) is 2. The van der Waals surface area contributed by atoms with Crippen LogP contribution in [0.3, 0.4) is 0 Å². The smallest absolute Gasteiger partial charge is 0.195 e. The summed E-state index contributed by atoms with van der Waals surface area (Å²) < 4.78 is 11.7. The van der Waals surface area contributed by atoms with Gasteiger partial charge < -0.3 is 9.47 Å². The lowest BCUT2D eigenvalue weighted by Crippen LogP contribution is -2.63. The van der Waals surface area contributed by atoms with Crippen molar-refractivity contribution in [3.05, 3.63) is 41.5 Å². The second-order valence-electron chi connectivity index (χ2n) is 6.10. The van der Waals surface area contributed by atoms with Crippen LogP contribution in [-0.4, -0.2) is 24.7 Å². The molecule has 0 bridgehead atoms. The van der Waals surface area contributed by atoms with Gasteiger partial charge in [-0.25, -0.2) is 4.99 Å². The number of rotatable bonds is 0. The fourth-order valence-corrected chi connectivity index (χ4v) is 4.15. The molecule has 0 saturated carbocycles. The van der Waals surface area contributed by atoms with E-state index in [0.717, 1.165) is 16.9 Å². The molecular weight excluding hydrogens is 264 g/mol. The summed E-state index contributed by atoms with van der Waals surface area (Å²) in [6, 6.07) is 10.4. The quantitative estimate of drug-likeness (QED) is 0.687. The molecule has 4 nitrogen and oxygen atoms in total. The van der Waals surface area contributed by atoms with E-state index in [1.165, 1.54) is 0 Å². The van der Waals surface area contributed by atoms with Gasteiger partial charge in [0, 0.05) is 5.56 Å². The Kier molecular flexibility index (Phi) is 2.18. The lowest BCUT2D eigenvalue weighted by Gasteiger charge is -2.54. The predicted molar refractivity (Wildman–Crippen MR) is 78.3 cm³/mol. The van der Waals surface area contributed by atoms with Gasteiger partial charge in [0.2, 0.25) is 0 Å². The molecule has 1 aliphatic carbocycles. The molecule has 4 heteroatoms. The zero-order valence-corrected chi connectivity index (χ0v) is 12.3. The molecular formula is C17H16N2O2. The van der Waals surface area contributed by atoms with Gasteiger partial charge in [-0.3, -0.25) is 0 Å². The van der Waals surface area contributed by atoms with Crippen molar-refractivity contribution in [1.29, 1.82) is 5.26 Å². The van der Waals surface area contributed by atoms with Crippen LogP contribution >= 0.6 is 0 Å². The molecule has 21 heavy (non-hydrogen) atoms. The number of para-hydroxylation sites is 1. The van der Waals surface area contributed by atoms with E-state index in [9.17, 15) is 5.26 Å². The van der Waals surface area contributed by atoms with Gasteiger partial charge in [-0.15, -0.1) is 0 Å². The normalized spacial score (nSPS) is 38.6. The van der Waals surface area contributed by atoms with E-state index in [1.807, 2.05) is 44.2 Å².